The summed E-state index contributed by atoms with van der Waals surface area (Å²) in [6, 6.07) is 12.7. The van der Waals surface area contributed by atoms with E-state index in [0.717, 1.165) is 62.5 Å². The Kier molecular flexibility index (Phi) is 6.86. The highest BCUT2D eigenvalue weighted by Gasteiger charge is 2.45. The van der Waals surface area contributed by atoms with Gasteiger partial charge in [0.25, 0.3) is 10.0 Å². The maximum absolute atomic E-state index is 12.9. The lowest BCUT2D eigenvalue weighted by Crippen LogP contribution is -2.49. The second-order valence-electron chi connectivity index (χ2n) is 8.86. The van der Waals surface area contributed by atoms with Crippen LogP contribution in [0.25, 0.3) is 0 Å². The van der Waals surface area contributed by atoms with Crippen molar-refractivity contribution in [3.05, 3.63) is 59.2 Å². The highest BCUT2D eigenvalue weighted by Crippen LogP contribution is 2.44. The highest BCUT2D eigenvalue weighted by molar-refractivity contribution is 7.92. The van der Waals surface area contributed by atoms with Crippen LogP contribution in [-0.4, -0.2) is 34.6 Å². The molecule has 2 aromatic rings. The molecule has 6 nitrogen and oxygen atoms in total. The number of methoxy groups -OCH3 is 1. The summed E-state index contributed by atoms with van der Waals surface area (Å²) in [4.78, 5) is 13.2. The Morgan fingerprint density at radius 3 is 2.38 bits per heavy atom. The Balaban J connectivity index is 1.45. The fourth-order valence-electron chi connectivity index (χ4n) is 4.71. The summed E-state index contributed by atoms with van der Waals surface area (Å²) in [6.07, 6.45) is 7.63. The minimum absolute atomic E-state index is 0.0437. The number of sulfonamides is 1. The lowest BCUT2D eigenvalue weighted by Gasteiger charge is -2.40. The zero-order chi connectivity index (χ0) is 22.6. The van der Waals surface area contributed by atoms with Gasteiger partial charge in [0, 0.05) is 25.9 Å². The van der Waals surface area contributed by atoms with Gasteiger partial charge in [-0.15, -0.1) is 0 Å². The van der Waals surface area contributed by atoms with E-state index in [-0.39, 0.29) is 5.91 Å². The summed E-state index contributed by atoms with van der Waals surface area (Å²) < 4.78 is 33.6. The number of hydrogen-bond acceptors (Lipinski definition) is 4. The summed E-state index contributed by atoms with van der Waals surface area (Å²) in [5.74, 6) is 0.0437. The molecule has 2 N–H and O–H groups in total. The Morgan fingerprint density at radius 2 is 1.72 bits per heavy atom. The standard InChI is InChI=1S/C25H32N2O4S/c1-31-17-5-16-26-24(28)25(14-4-15-25)21-9-11-22(12-10-21)27-32(29,30)23-13-8-19-6-2-3-7-20(19)18-23/h8-13,18,27H,2-7,14-17H2,1H3,(H,26,28). The van der Waals surface area contributed by atoms with Gasteiger partial charge in [0.05, 0.1) is 10.3 Å². The predicted octanol–water partition coefficient (Wildman–Crippen LogP) is 3.94. The largest absolute Gasteiger partial charge is 0.385 e. The first kappa shape index (κ1) is 22.8. The summed E-state index contributed by atoms with van der Waals surface area (Å²) in [5, 5.41) is 3.03. The monoisotopic (exact) mass is 456 g/mol. The zero-order valence-corrected chi connectivity index (χ0v) is 19.5. The number of amides is 1. The van der Waals surface area contributed by atoms with Crippen molar-refractivity contribution >= 4 is 21.6 Å². The molecule has 1 saturated carbocycles. The van der Waals surface area contributed by atoms with Crippen LogP contribution in [-0.2, 0) is 37.8 Å². The van der Waals surface area contributed by atoms with Crippen LogP contribution in [0.5, 0.6) is 0 Å². The molecule has 2 aromatic carbocycles. The van der Waals surface area contributed by atoms with Gasteiger partial charge < -0.3 is 10.1 Å². The average Bonchev–Trinajstić information content (AvgIpc) is 2.76. The molecule has 0 spiro atoms. The molecule has 7 heteroatoms. The number of nitrogens with one attached hydrogen (secondary N) is 2. The van der Waals surface area contributed by atoms with Crippen LogP contribution in [0.3, 0.4) is 0 Å². The highest BCUT2D eigenvalue weighted by atomic mass is 32.2. The molecule has 0 heterocycles. The number of fused-ring (bicyclic) bond motifs is 1. The molecule has 172 valence electrons. The Morgan fingerprint density at radius 1 is 1.00 bits per heavy atom. The molecule has 0 aromatic heterocycles. The number of ether oxygens (including phenoxy) is 1. The normalized spacial score (nSPS) is 17.2. The van der Waals surface area contributed by atoms with Crippen molar-refractivity contribution in [2.45, 2.75) is 61.7 Å². The molecular formula is C25H32N2O4S. The number of benzene rings is 2. The molecule has 2 aliphatic rings. The van der Waals surface area contributed by atoms with Crippen molar-refractivity contribution < 1.29 is 17.9 Å². The van der Waals surface area contributed by atoms with Crippen LogP contribution >= 0.6 is 0 Å². The maximum atomic E-state index is 12.9. The first-order chi connectivity index (χ1) is 15.4. The van der Waals surface area contributed by atoms with Crippen LogP contribution in [0.15, 0.2) is 47.4 Å². The molecule has 0 unspecified atom stereocenters. The van der Waals surface area contributed by atoms with Crippen molar-refractivity contribution in [2.24, 2.45) is 0 Å². The second kappa shape index (κ2) is 9.63. The van der Waals surface area contributed by atoms with Gasteiger partial charge in [0.2, 0.25) is 5.91 Å². The van der Waals surface area contributed by atoms with Crippen molar-refractivity contribution in [1.29, 1.82) is 0 Å². The molecular weight excluding hydrogens is 424 g/mol. The van der Waals surface area contributed by atoms with E-state index in [9.17, 15) is 13.2 Å². The van der Waals surface area contributed by atoms with E-state index < -0.39 is 15.4 Å². The predicted molar refractivity (Wildman–Crippen MR) is 125 cm³/mol. The number of carbonyl (C=O) groups is 1. The van der Waals surface area contributed by atoms with Gasteiger partial charge in [-0.25, -0.2) is 8.42 Å². The van der Waals surface area contributed by atoms with Gasteiger partial charge in [-0.05, 0) is 85.9 Å². The second-order valence-corrected chi connectivity index (χ2v) is 10.5. The Labute approximate surface area is 190 Å². The molecule has 0 saturated heterocycles. The Hall–Kier alpha value is -2.38. The maximum Gasteiger partial charge on any atom is 0.261 e. The fourth-order valence-corrected chi connectivity index (χ4v) is 5.82. The van der Waals surface area contributed by atoms with E-state index in [2.05, 4.69) is 10.0 Å². The quantitative estimate of drug-likeness (QED) is 0.560. The molecule has 1 fully saturated rings. The van der Waals surface area contributed by atoms with Gasteiger partial charge in [-0.1, -0.05) is 24.6 Å². The van der Waals surface area contributed by atoms with Crippen molar-refractivity contribution in [3.63, 3.8) is 0 Å². The third kappa shape index (κ3) is 4.69. The summed E-state index contributed by atoms with van der Waals surface area (Å²) in [5.41, 5.74) is 3.32. The topological polar surface area (TPSA) is 84.5 Å². The SMILES string of the molecule is COCCCNC(=O)C1(c2ccc(NS(=O)(=O)c3ccc4c(c3)CCCC4)cc2)CCC1. The van der Waals surface area contributed by atoms with Gasteiger partial charge in [0.1, 0.15) is 0 Å². The zero-order valence-electron chi connectivity index (χ0n) is 18.7. The van der Waals surface area contributed by atoms with E-state index in [1.54, 1.807) is 25.3 Å². The lowest BCUT2D eigenvalue weighted by molar-refractivity contribution is -0.129. The van der Waals surface area contributed by atoms with E-state index in [1.807, 2.05) is 24.3 Å². The fraction of sp³-hybridized carbons (Fsp3) is 0.480. The molecule has 0 atom stereocenters. The van der Waals surface area contributed by atoms with E-state index >= 15 is 0 Å². The smallest absolute Gasteiger partial charge is 0.261 e. The molecule has 0 aliphatic heterocycles. The molecule has 2 aliphatic carbocycles. The molecule has 1 amide bonds. The summed E-state index contributed by atoms with van der Waals surface area (Å²) in [7, 11) is -2.01. The van der Waals surface area contributed by atoms with E-state index in [0.29, 0.717) is 23.7 Å². The summed E-state index contributed by atoms with van der Waals surface area (Å²) in [6.45, 7) is 1.21. The Bertz CT molecular complexity index is 1060. The minimum Gasteiger partial charge on any atom is -0.385 e. The number of aryl methyl sites for hydroxylation is 2. The van der Waals surface area contributed by atoms with Crippen LogP contribution in [0.2, 0.25) is 0 Å². The number of hydrogen-bond donors (Lipinski definition) is 2. The van der Waals surface area contributed by atoms with Crippen molar-refractivity contribution in [3.8, 4) is 0 Å². The van der Waals surface area contributed by atoms with Crippen molar-refractivity contribution in [2.75, 3.05) is 25.0 Å². The first-order valence-electron chi connectivity index (χ1n) is 11.5. The van der Waals surface area contributed by atoms with Gasteiger partial charge in [-0.2, -0.15) is 0 Å². The minimum atomic E-state index is -3.66. The van der Waals surface area contributed by atoms with Crippen LogP contribution < -0.4 is 10.0 Å². The number of anilines is 1. The van der Waals surface area contributed by atoms with Gasteiger partial charge >= 0.3 is 0 Å². The van der Waals surface area contributed by atoms with Crippen LogP contribution in [0, 0.1) is 0 Å². The van der Waals surface area contributed by atoms with Gasteiger partial charge in [-0.3, -0.25) is 9.52 Å². The lowest BCUT2D eigenvalue weighted by atomic mass is 9.64. The average molecular weight is 457 g/mol. The van der Waals surface area contributed by atoms with Crippen LogP contribution in [0.4, 0.5) is 5.69 Å². The van der Waals surface area contributed by atoms with Crippen molar-refractivity contribution in [1.82, 2.24) is 5.32 Å². The molecule has 32 heavy (non-hydrogen) atoms. The number of rotatable bonds is 9. The van der Waals surface area contributed by atoms with E-state index in [1.165, 1.54) is 5.56 Å². The molecule has 0 bridgehead atoms. The van der Waals surface area contributed by atoms with E-state index in [4.69, 9.17) is 4.74 Å². The van der Waals surface area contributed by atoms with Gasteiger partial charge in [0.15, 0.2) is 0 Å². The number of carbonyl (C=O) groups excluding carboxylic acids is 1. The third-order valence-electron chi connectivity index (χ3n) is 6.77. The molecule has 4 rings (SSSR count). The van der Waals surface area contributed by atoms with Crippen LogP contribution in [0.1, 0.15) is 55.2 Å². The first-order valence-corrected chi connectivity index (χ1v) is 13.0. The third-order valence-corrected chi connectivity index (χ3v) is 8.15. The molecule has 0 radical (unpaired) electrons. The summed E-state index contributed by atoms with van der Waals surface area (Å²) >= 11 is 0.